The Hall–Kier alpha value is -4.69. The highest BCUT2D eigenvalue weighted by Gasteiger charge is 2.46. The zero-order chi connectivity index (χ0) is 31.6. The number of carbonyl (C=O) groups excluding carboxylic acids is 1. The SMILES string of the molecule is C#Cc1c(F)ccc2cccc(-c3ncc4c(N5CC6CCC(C5)N6C(=O)C=N)nc(OCC56CCCN5CCC6)nc4c3F)c12. The lowest BCUT2D eigenvalue weighted by atomic mass is 9.95. The molecule has 2 aromatic heterocycles. The van der Waals surface area contributed by atoms with Gasteiger partial charge in [-0.2, -0.15) is 9.97 Å². The van der Waals surface area contributed by atoms with E-state index in [-0.39, 0.29) is 46.3 Å². The molecule has 4 saturated heterocycles. The number of ether oxygens (including phenoxy) is 1. The molecule has 0 aliphatic carbocycles. The third-order valence-corrected chi connectivity index (χ3v) is 10.5. The highest BCUT2D eigenvalue weighted by Crippen LogP contribution is 2.41. The van der Waals surface area contributed by atoms with Crippen LogP contribution in [0.5, 0.6) is 6.01 Å². The number of aromatic nitrogens is 3. The maximum atomic E-state index is 16.8. The largest absolute Gasteiger partial charge is 0.461 e. The predicted octanol–water partition coefficient (Wildman–Crippen LogP) is 4.94. The highest BCUT2D eigenvalue weighted by molar-refractivity contribution is 6.25. The van der Waals surface area contributed by atoms with E-state index in [1.165, 1.54) is 6.07 Å². The zero-order valence-corrected chi connectivity index (χ0v) is 25.3. The number of halogens is 2. The average molecular weight is 622 g/mol. The Bertz CT molecular complexity index is 1940. The third kappa shape index (κ3) is 4.42. The first kappa shape index (κ1) is 28.8. The van der Waals surface area contributed by atoms with Crippen molar-refractivity contribution in [3.8, 4) is 29.6 Å². The molecule has 234 valence electrons. The molecule has 4 aliphatic heterocycles. The number of hydrogen-bond acceptors (Lipinski definition) is 8. The molecule has 1 N–H and O–H groups in total. The van der Waals surface area contributed by atoms with Crippen molar-refractivity contribution in [2.75, 3.05) is 37.7 Å². The van der Waals surface area contributed by atoms with E-state index in [0.717, 1.165) is 57.8 Å². The van der Waals surface area contributed by atoms with Gasteiger partial charge < -0.3 is 19.9 Å². The Morgan fingerprint density at radius 1 is 1.11 bits per heavy atom. The summed E-state index contributed by atoms with van der Waals surface area (Å²) in [6, 6.07) is 8.10. The normalized spacial score (nSPS) is 21.9. The number of pyridine rings is 1. The van der Waals surface area contributed by atoms with Gasteiger partial charge in [-0.25, -0.2) is 8.78 Å². The monoisotopic (exact) mass is 621 g/mol. The molecule has 46 heavy (non-hydrogen) atoms. The van der Waals surface area contributed by atoms with Crippen LogP contribution in [0.25, 0.3) is 32.9 Å². The van der Waals surface area contributed by atoms with Crippen LogP contribution in [0.3, 0.4) is 0 Å². The lowest BCUT2D eigenvalue weighted by Crippen LogP contribution is -2.56. The number of anilines is 1. The molecule has 6 heterocycles. The van der Waals surface area contributed by atoms with Crippen molar-refractivity contribution in [3.63, 3.8) is 0 Å². The molecule has 11 heteroatoms. The second-order valence-electron chi connectivity index (χ2n) is 12.9. The van der Waals surface area contributed by atoms with E-state index in [1.807, 2.05) is 0 Å². The molecule has 2 aromatic carbocycles. The Morgan fingerprint density at radius 2 is 1.87 bits per heavy atom. The summed E-state index contributed by atoms with van der Waals surface area (Å²) in [5, 5.41) is 9.02. The third-order valence-electron chi connectivity index (χ3n) is 10.5. The van der Waals surface area contributed by atoms with Crippen LogP contribution < -0.4 is 9.64 Å². The van der Waals surface area contributed by atoms with Crippen LogP contribution in [0.1, 0.15) is 44.1 Å². The smallest absolute Gasteiger partial charge is 0.319 e. The van der Waals surface area contributed by atoms with E-state index < -0.39 is 11.6 Å². The van der Waals surface area contributed by atoms with Gasteiger partial charge in [0.15, 0.2) is 5.82 Å². The number of nitrogens with one attached hydrogen (secondary N) is 1. The summed E-state index contributed by atoms with van der Waals surface area (Å²) in [7, 11) is 0. The summed E-state index contributed by atoms with van der Waals surface area (Å²) in [5.74, 6) is 1.40. The summed E-state index contributed by atoms with van der Waals surface area (Å²) < 4.78 is 38.0. The Kier molecular flexibility index (Phi) is 6.87. The van der Waals surface area contributed by atoms with Crippen LogP contribution in [0.15, 0.2) is 36.5 Å². The number of fused-ring (bicyclic) bond motifs is 5. The maximum Gasteiger partial charge on any atom is 0.319 e. The van der Waals surface area contributed by atoms with E-state index in [2.05, 4.69) is 25.7 Å². The number of carbonyl (C=O) groups is 1. The molecule has 4 aromatic rings. The molecule has 2 bridgehead atoms. The average Bonchev–Trinajstić information content (AvgIpc) is 3.73. The van der Waals surface area contributed by atoms with Gasteiger partial charge in [-0.15, -0.1) is 6.42 Å². The van der Waals surface area contributed by atoms with E-state index >= 15 is 4.39 Å². The van der Waals surface area contributed by atoms with Crippen molar-refractivity contribution in [1.29, 1.82) is 5.41 Å². The van der Waals surface area contributed by atoms with Gasteiger partial charge in [0.1, 0.15) is 29.5 Å². The van der Waals surface area contributed by atoms with Gasteiger partial charge in [0.25, 0.3) is 5.91 Å². The van der Waals surface area contributed by atoms with Crippen molar-refractivity contribution in [3.05, 3.63) is 53.7 Å². The van der Waals surface area contributed by atoms with Crippen molar-refractivity contribution in [1.82, 2.24) is 24.8 Å². The lowest BCUT2D eigenvalue weighted by Gasteiger charge is -2.41. The second kappa shape index (κ2) is 11.0. The molecule has 2 unspecified atom stereocenters. The summed E-state index contributed by atoms with van der Waals surface area (Å²) in [6.45, 7) is 3.47. The Balaban J connectivity index is 1.25. The Labute approximate surface area is 265 Å². The van der Waals surface area contributed by atoms with Crippen molar-refractivity contribution in [2.45, 2.75) is 56.1 Å². The molecule has 4 aliphatic rings. The summed E-state index contributed by atoms with van der Waals surface area (Å²) in [4.78, 5) is 32.9. The molecule has 0 saturated carbocycles. The molecule has 8 rings (SSSR count). The van der Waals surface area contributed by atoms with Crippen LogP contribution in [0.4, 0.5) is 14.6 Å². The van der Waals surface area contributed by atoms with Crippen LogP contribution in [0, 0.1) is 29.4 Å². The van der Waals surface area contributed by atoms with E-state index in [4.69, 9.17) is 21.6 Å². The maximum absolute atomic E-state index is 16.8. The predicted molar refractivity (Wildman–Crippen MR) is 171 cm³/mol. The van der Waals surface area contributed by atoms with Gasteiger partial charge in [-0.1, -0.05) is 30.2 Å². The first-order valence-electron chi connectivity index (χ1n) is 15.9. The molecule has 1 amide bonds. The van der Waals surface area contributed by atoms with Gasteiger partial charge in [-0.05, 0) is 63.1 Å². The van der Waals surface area contributed by atoms with Crippen LogP contribution in [-0.2, 0) is 4.79 Å². The first-order chi connectivity index (χ1) is 22.4. The molecule has 9 nitrogen and oxygen atoms in total. The quantitative estimate of drug-likeness (QED) is 0.241. The second-order valence-corrected chi connectivity index (χ2v) is 12.9. The van der Waals surface area contributed by atoms with Gasteiger partial charge in [0.05, 0.1) is 34.8 Å². The fourth-order valence-electron chi connectivity index (χ4n) is 8.38. The minimum atomic E-state index is -0.673. The summed E-state index contributed by atoms with van der Waals surface area (Å²) >= 11 is 0. The fraction of sp³-hybridized carbons (Fsp3) is 0.400. The lowest BCUT2D eigenvalue weighted by molar-refractivity contribution is -0.126. The fourth-order valence-corrected chi connectivity index (χ4v) is 8.38. The summed E-state index contributed by atoms with van der Waals surface area (Å²) in [6.07, 6.45) is 14.1. The van der Waals surface area contributed by atoms with Gasteiger partial charge in [-0.3, -0.25) is 14.7 Å². The van der Waals surface area contributed by atoms with Crippen molar-refractivity contribution < 1.29 is 18.3 Å². The van der Waals surface area contributed by atoms with E-state index in [0.29, 0.717) is 47.2 Å². The number of amides is 1. The van der Waals surface area contributed by atoms with E-state index in [9.17, 15) is 9.18 Å². The zero-order valence-electron chi connectivity index (χ0n) is 25.3. The topological polar surface area (TPSA) is 98.5 Å². The van der Waals surface area contributed by atoms with Gasteiger partial charge in [0, 0.05) is 30.2 Å². The van der Waals surface area contributed by atoms with Crippen molar-refractivity contribution in [2.24, 2.45) is 0 Å². The molecule has 0 radical (unpaired) electrons. The van der Waals surface area contributed by atoms with Crippen LogP contribution in [-0.4, -0.2) is 87.3 Å². The van der Waals surface area contributed by atoms with Gasteiger partial charge >= 0.3 is 6.01 Å². The summed E-state index contributed by atoms with van der Waals surface area (Å²) in [5.41, 5.74) is 0.422. The molecular weight excluding hydrogens is 588 g/mol. The van der Waals surface area contributed by atoms with Crippen LogP contribution >= 0.6 is 0 Å². The van der Waals surface area contributed by atoms with E-state index in [1.54, 1.807) is 35.4 Å². The molecule has 2 atom stereocenters. The highest BCUT2D eigenvalue weighted by atomic mass is 19.1. The van der Waals surface area contributed by atoms with Crippen molar-refractivity contribution >= 4 is 39.6 Å². The number of benzene rings is 2. The number of piperazine rings is 1. The Morgan fingerprint density at radius 3 is 2.59 bits per heavy atom. The molecular formula is C35H33F2N7O2. The standard InChI is InChI=1S/C35H33F2N7O2/c1-2-24-27(36)11-8-21-6-3-7-25(29(21)24)31-30(37)32-26(17-39-31)33(42-18-22-9-10-23(19-42)44(22)28(45)16-38)41-34(40-32)46-20-35-12-4-14-43(35)15-5-13-35/h1,3,6-8,11,16-17,22-23,38H,4-5,9-10,12-15,18-20H2. The van der Waals surface area contributed by atoms with Crippen LogP contribution in [0.2, 0.25) is 0 Å². The van der Waals surface area contributed by atoms with Gasteiger partial charge in [0.2, 0.25) is 0 Å². The first-order valence-corrected chi connectivity index (χ1v) is 15.9. The molecule has 0 spiro atoms. The number of nitrogens with zero attached hydrogens (tertiary/aromatic N) is 6. The molecule has 4 fully saturated rings. The minimum absolute atomic E-state index is 0.00798. The number of terminal acetylenes is 1. The minimum Gasteiger partial charge on any atom is -0.461 e. The number of rotatable bonds is 6. The number of hydrogen-bond donors (Lipinski definition) is 1.